The number of carbonyl (C=O) groups is 1. The number of hydrogen-bond acceptors (Lipinski definition) is 2. The van der Waals surface area contributed by atoms with Gasteiger partial charge in [0.1, 0.15) is 0 Å². The maximum absolute atomic E-state index is 12.4. The Hall–Kier alpha value is -1.35. The highest BCUT2D eigenvalue weighted by Crippen LogP contribution is 2.26. The van der Waals surface area contributed by atoms with Gasteiger partial charge in [0.25, 0.3) is 0 Å². The monoisotopic (exact) mass is 260 g/mol. The van der Waals surface area contributed by atoms with Crippen LogP contribution in [0.4, 0.5) is 0 Å². The van der Waals surface area contributed by atoms with E-state index in [1.54, 1.807) is 0 Å². The summed E-state index contributed by atoms with van der Waals surface area (Å²) in [7, 11) is 2.13. The predicted octanol–water partition coefficient (Wildman–Crippen LogP) is 2.55. The quantitative estimate of drug-likeness (QED) is 0.834. The average Bonchev–Trinajstić information content (AvgIpc) is 2.38. The molecule has 1 saturated heterocycles. The van der Waals surface area contributed by atoms with Crippen LogP contribution in [0.5, 0.6) is 0 Å². The summed E-state index contributed by atoms with van der Waals surface area (Å²) >= 11 is 0. The van der Waals surface area contributed by atoms with Crippen LogP contribution >= 0.6 is 0 Å². The van der Waals surface area contributed by atoms with Gasteiger partial charge in [-0.2, -0.15) is 0 Å². The minimum Gasteiger partial charge on any atom is -0.333 e. The zero-order valence-electron chi connectivity index (χ0n) is 12.2. The molecule has 1 unspecified atom stereocenters. The summed E-state index contributed by atoms with van der Waals surface area (Å²) in [6.45, 7) is 6.93. The van der Waals surface area contributed by atoms with Crippen LogP contribution in [0.15, 0.2) is 30.3 Å². The third-order valence-electron chi connectivity index (χ3n) is 3.67. The minimum atomic E-state index is 0.200. The van der Waals surface area contributed by atoms with Gasteiger partial charge in [-0.25, -0.2) is 0 Å². The number of rotatable bonds is 3. The summed E-state index contributed by atoms with van der Waals surface area (Å²) in [6, 6.07) is 10.6. The molecule has 0 saturated carbocycles. The zero-order valence-corrected chi connectivity index (χ0v) is 12.2. The van der Waals surface area contributed by atoms with E-state index in [-0.39, 0.29) is 11.9 Å². The molecule has 1 aliphatic rings. The summed E-state index contributed by atoms with van der Waals surface area (Å²) in [6.07, 6.45) is 0.646. The minimum absolute atomic E-state index is 0.200. The molecule has 19 heavy (non-hydrogen) atoms. The summed E-state index contributed by atoms with van der Waals surface area (Å²) in [4.78, 5) is 16.8. The van der Waals surface area contributed by atoms with E-state index in [9.17, 15) is 4.79 Å². The fourth-order valence-electron chi connectivity index (χ4n) is 2.64. The second-order valence-electron chi connectivity index (χ2n) is 5.87. The van der Waals surface area contributed by atoms with E-state index < -0.39 is 0 Å². The first-order chi connectivity index (χ1) is 9.08. The SMILES string of the molecule is CC(C)CC(=O)N1CCN(C)CC1c1ccccc1. The van der Waals surface area contributed by atoms with Crippen LogP contribution < -0.4 is 0 Å². The first-order valence-corrected chi connectivity index (χ1v) is 7.11. The molecule has 1 fully saturated rings. The van der Waals surface area contributed by atoms with Gasteiger partial charge in [-0.3, -0.25) is 4.79 Å². The normalized spacial score (nSPS) is 20.8. The number of likely N-dealkylation sites (N-methyl/N-ethyl adjacent to an activating group) is 1. The van der Waals surface area contributed by atoms with Gasteiger partial charge >= 0.3 is 0 Å². The number of benzene rings is 1. The predicted molar refractivity (Wildman–Crippen MR) is 77.8 cm³/mol. The second-order valence-corrected chi connectivity index (χ2v) is 5.87. The Bertz CT molecular complexity index is 416. The van der Waals surface area contributed by atoms with Crippen molar-refractivity contribution in [2.45, 2.75) is 26.3 Å². The van der Waals surface area contributed by atoms with Gasteiger partial charge in [0.15, 0.2) is 0 Å². The van der Waals surface area contributed by atoms with Gasteiger partial charge in [0, 0.05) is 26.1 Å². The van der Waals surface area contributed by atoms with Gasteiger partial charge in [0.05, 0.1) is 6.04 Å². The lowest BCUT2D eigenvalue weighted by molar-refractivity contribution is -0.136. The molecule has 1 amide bonds. The van der Waals surface area contributed by atoms with Gasteiger partial charge in [-0.1, -0.05) is 44.2 Å². The Labute approximate surface area is 116 Å². The molecule has 3 nitrogen and oxygen atoms in total. The maximum atomic E-state index is 12.4. The Morgan fingerprint density at radius 3 is 2.58 bits per heavy atom. The molecule has 1 heterocycles. The molecule has 0 aromatic heterocycles. The van der Waals surface area contributed by atoms with Crippen molar-refractivity contribution in [2.24, 2.45) is 5.92 Å². The zero-order chi connectivity index (χ0) is 13.8. The molecule has 1 aromatic carbocycles. The van der Waals surface area contributed by atoms with E-state index in [1.165, 1.54) is 5.56 Å². The van der Waals surface area contributed by atoms with Gasteiger partial charge in [-0.05, 0) is 18.5 Å². The highest BCUT2D eigenvalue weighted by atomic mass is 16.2. The molecule has 2 rings (SSSR count). The molecule has 1 aromatic rings. The van der Waals surface area contributed by atoms with Crippen LogP contribution in [-0.4, -0.2) is 42.4 Å². The molecular weight excluding hydrogens is 236 g/mol. The van der Waals surface area contributed by atoms with Crippen LogP contribution in [0.2, 0.25) is 0 Å². The lowest BCUT2D eigenvalue weighted by Gasteiger charge is -2.40. The number of hydrogen-bond donors (Lipinski definition) is 0. The highest BCUT2D eigenvalue weighted by Gasteiger charge is 2.29. The molecule has 1 aliphatic heterocycles. The van der Waals surface area contributed by atoms with Gasteiger partial charge < -0.3 is 9.80 Å². The van der Waals surface area contributed by atoms with E-state index in [0.717, 1.165) is 19.6 Å². The molecule has 1 atom stereocenters. The van der Waals surface area contributed by atoms with E-state index in [0.29, 0.717) is 12.3 Å². The Kier molecular flexibility index (Phi) is 4.59. The van der Waals surface area contributed by atoms with Crippen molar-refractivity contribution in [3.63, 3.8) is 0 Å². The van der Waals surface area contributed by atoms with E-state index >= 15 is 0 Å². The van der Waals surface area contributed by atoms with Gasteiger partial charge in [-0.15, -0.1) is 0 Å². The largest absolute Gasteiger partial charge is 0.333 e. The smallest absolute Gasteiger partial charge is 0.223 e. The van der Waals surface area contributed by atoms with E-state index in [1.807, 2.05) is 6.07 Å². The Morgan fingerprint density at radius 1 is 1.26 bits per heavy atom. The van der Waals surface area contributed by atoms with Crippen molar-refractivity contribution in [1.82, 2.24) is 9.80 Å². The first kappa shape index (κ1) is 14.1. The summed E-state index contributed by atoms with van der Waals surface area (Å²) in [5.74, 6) is 0.709. The molecule has 3 heteroatoms. The summed E-state index contributed by atoms with van der Waals surface area (Å²) < 4.78 is 0. The molecule has 104 valence electrons. The van der Waals surface area contributed by atoms with Crippen molar-refractivity contribution < 1.29 is 4.79 Å². The van der Waals surface area contributed by atoms with Crippen molar-refractivity contribution in [3.8, 4) is 0 Å². The van der Waals surface area contributed by atoms with Crippen molar-refractivity contribution in [3.05, 3.63) is 35.9 Å². The molecule has 0 N–H and O–H groups in total. The lowest BCUT2D eigenvalue weighted by Crippen LogP contribution is -2.49. The summed E-state index contributed by atoms with van der Waals surface area (Å²) in [5, 5.41) is 0. The molecule has 0 radical (unpaired) electrons. The molecule has 0 spiro atoms. The van der Waals surface area contributed by atoms with Crippen LogP contribution in [0.3, 0.4) is 0 Å². The van der Waals surface area contributed by atoms with Crippen LogP contribution in [-0.2, 0) is 4.79 Å². The average molecular weight is 260 g/mol. The third kappa shape index (κ3) is 3.57. The second kappa shape index (κ2) is 6.20. The van der Waals surface area contributed by atoms with Crippen LogP contribution in [0.25, 0.3) is 0 Å². The number of piperazine rings is 1. The van der Waals surface area contributed by atoms with E-state index in [2.05, 4.69) is 55.0 Å². The molecular formula is C16H24N2O. The van der Waals surface area contributed by atoms with E-state index in [4.69, 9.17) is 0 Å². The Balaban J connectivity index is 2.17. The van der Waals surface area contributed by atoms with Crippen molar-refractivity contribution in [2.75, 3.05) is 26.7 Å². The highest BCUT2D eigenvalue weighted by molar-refractivity contribution is 5.77. The number of carbonyl (C=O) groups excluding carboxylic acids is 1. The number of nitrogens with zero attached hydrogens (tertiary/aromatic N) is 2. The fraction of sp³-hybridized carbons (Fsp3) is 0.562. The maximum Gasteiger partial charge on any atom is 0.223 e. The third-order valence-corrected chi connectivity index (χ3v) is 3.67. The number of amides is 1. The lowest BCUT2D eigenvalue weighted by atomic mass is 10.0. The van der Waals surface area contributed by atoms with Crippen LogP contribution in [0, 0.1) is 5.92 Å². The molecule has 0 bridgehead atoms. The fourth-order valence-corrected chi connectivity index (χ4v) is 2.64. The standard InChI is InChI=1S/C16H24N2O/c1-13(2)11-16(19)18-10-9-17(3)12-15(18)14-7-5-4-6-8-14/h4-8,13,15H,9-12H2,1-3H3. The molecule has 0 aliphatic carbocycles. The Morgan fingerprint density at radius 2 is 1.95 bits per heavy atom. The summed E-state index contributed by atoms with van der Waals surface area (Å²) in [5.41, 5.74) is 1.24. The first-order valence-electron chi connectivity index (χ1n) is 7.11. The van der Waals surface area contributed by atoms with Crippen molar-refractivity contribution in [1.29, 1.82) is 0 Å². The topological polar surface area (TPSA) is 23.6 Å². The van der Waals surface area contributed by atoms with Crippen molar-refractivity contribution >= 4 is 5.91 Å². The van der Waals surface area contributed by atoms with Crippen LogP contribution in [0.1, 0.15) is 31.9 Å². The van der Waals surface area contributed by atoms with Gasteiger partial charge in [0.2, 0.25) is 5.91 Å².